The molecule has 1 heterocycles. The summed E-state index contributed by atoms with van der Waals surface area (Å²) in [7, 11) is 1.63. The second-order valence-electron chi connectivity index (χ2n) is 6.33. The van der Waals surface area contributed by atoms with Crippen LogP contribution < -0.4 is 4.74 Å². The molecule has 0 aromatic heterocycles. The van der Waals surface area contributed by atoms with Crippen LogP contribution in [0.4, 0.5) is 0 Å². The van der Waals surface area contributed by atoms with Crippen LogP contribution in [0.2, 0.25) is 0 Å². The Hall–Kier alpha value is -2.82. The Morgan fingerprint density at radius 3 is 2.31 bits per heavy atom. The van der Waals surface area contributed by atoms with Gasteiger partial charge in [0, 0.05) is 6.92 Å². The van der Waals surface area contributed by atoms with Crippen LogP contribution in [-0.2, 0) is 14.3 Å². The summed E-state index contributed by atoms with van der Waals surface area (Å²) in [5, 5.41) is 0. The largest absolute Gasteiger partial charge is 0.497 e. The van der Waals surface area contributed by atoms with Crippen molar-refractivity contribution in [3.63, 3.8) is 0 Å². The molecule has 2 aromatic rings. The lowest BCUT2D eigenvalue weighted by Crippen LogP contribution is -2.61. The molecule has 0 spiro atoms. The van der Waals surface area contributed by atoms with Crippen LogP contribution in [0, 0.1) is 0 Å². The lowest BCUT2D eigenvalue weighted by Gasteiger charge is -2.50. The summed E-state index contributed by atoms with van der Waals surface area (Å²) in [6.07, 6.45) is -0.00372. The lowest BCUT2D eigenvalue weighted by molar-refractivity contribution is -0.187. The van der Waals surface area contributed by atoms with E-state index in [-0.39, 0.29) is 18.0 Å². The summed E-state index contributed by atoms with van der Waals surface area (Å²) in [6, 6.07) is 17.1. The van der Waals surface area contributed by atoms with Gasteiger partial charge in [0.05, 0.1) is 13.2 Å². The first kappa shape index (κ1) is 18.0. The van der Waals surface area contributed by atoms with Crippen LogP contribution >= 0.6 is 0 Å². The second-order valence-corrected chi connectivity index (χ2v) is 6.33. The summed E-state index contributed by atoms with van der Waals surface area (Å²) >= 11 is 0. The van der Waals surface area contributed by atoms with Crippen molar-refractivity contribution in [1.82, 2.24) is 4.90 Å². The molecule has 3 atom stereocenters. The number of nitrogens with zero attached hydrogens (tertiary/aromatic N) is 1. The molecule has 5 heteroatoms. The summed E-state index contributed by atoms with van der Waals surface area (Å²) in [6.45, 7) is 3.38. The summed E-state index contributed by atoms with van der Waals surface area (Å²) in [5.41, 5.74) is 1.99. The fraction of sp³-hybridized carbons (Fsp3) is 0.333. The molecule has 0 N–H and O–H groups in total. The van der Waals surface area contributed by atoms with Crippen LogP contribution in [0.15, 0.2) is 54.6 Å². The lowest BCUT2D eigenvalue weighted by atomic mass is 9.86. The molecule has 26 heavy (non-hydrogen) atoms. The van der Waals surface area contributed by atoms with Crippen LogP contribution in [0.1, 0.15) is 43.5 Å². The van der Waals surface area contributed by atoms with Crippen molar-refractivity contribution in [1.29, 1.82) is 0 Å². The molecule has 1 fully saturated rings. The van der Waals surface area contributed by atoms with E-state index in [2.05, 4.69) is 0 Å². The Morgan fingerprint density at radius 2 is 1.77 bits per heavy atom. The van der Waals surface area contributed by atoms with E-state index >= 15 is 0 Å². The SMILES string of the molecule is CCC(c1ccc(OC)cc1)N1C(=O)[C@H](OC(C)=O)[C@@H]1c1ccccc1. The zero-order valence-corrected chi connectivity index (χ0v) is 15.2. The summed E-state index contributed by atoms with van der Waals surface area (Å²) in [5.74, 6) is 0.175. The van der Waals surface area contributed by atoms with Crippen LogP contribution in [-0.4, -0.2) is 30.0 Å². The van der Waals surface area contributed by atoms with Crippen molar-refractivity contribution < 1.29 is 19.1 Å². The minimum Gasteiger partial charge on any atom is -0.497 e. The van der Waals surface area contributed by atoms with E-state index < -0.39 is 12.1 Å². The van der Waals surface area contributed by atoms with Gasteiger partial charge < -0.3 is 14.4 Å². The number of ether oxygens (including phenoxy) is 2. The number of rotatable bonds is 6. The number of carbonyl (C=O) groups is 2. The van der Waals surface area contributed by atoms with Gasteiger partial charge in [0.1, 0.15) is 11.8 Å². The van der Waals surface area contributed by atoms with E-state index in [0.717, 1.165) is 23.3 Å². The maximum absolute atomic E-state index is 12.8. The minimum atomic E-state index is -0.762. The molecular weight excluding hydrogens is 330 g/mol. The average molecular weight is 353 g/mol. The van der Waals surface area contributed by atoms with Gasteiger partial charge >= 0.3 is 5.97 Å². The molecule has 5 nitrogen and oxygen atoms in total. The molecule has 136 valence electrons. The number of likely N-dealkylation sites (tertiary alicyclic amines) is 1. The van der Waals surface area contributed by atoms with E-state index in [0.29, 0.717) is 0 Å². The van der Waals surface area contributed by atoms with Crippen molar-refractivity contribution >= 4 is 11.9 Å². The van der Waals surface area contributed by atoms with Crippen molar-refractivity contribution in [2.75, 3.05) is 7.11 Å². The van der Waals surface area contributed by atoms with E-state index in [4.69, 9.17) is 9.47 Å². The highest BCUT2D eigenvalue weighted by Crippen LogP contribution is 2.44. The standard InChI is InChI=1S/C21H23NO4/c1-4-18(15-10-12-17(25-3)13-11-15)22-19(16-8-6-5-7-9-16)20(21(22)24)26-14(2)23/h5-13,18-20H,4H2,1-3H3/t18?,19-,20+/m0/s1. The summed E-state index contributed by atoms with van der Waals surface area (Å²) < 4.78 is 10.5. The number of β-lactam (4-membered cyclic amide) rings is 1. The van der Waals surface area contributed by atoms with E-state index in [1.54, 1.807) is 7.11 Å². The van der Waals surface area contributed by atoms with Crippen molar-refractivity contribution in [3.05, 3.63) is 65.7 Å². The zero-order chi connectivity index (χ0) is 18.7. The molecular formula is C21H23NO4. The van der Waals surface area contributed by atoms with Gasteiger partial charge in [0.2, 0.25) is 6.10 Å². The van der Waals surface area contributed by atoms with Gasteiger partial charge in [-0.1, -0.05) is 49.4 Å². The number of amides is 1. The number of hydrogen-bond acceptors (Lipinski definition) is 4. The Labute approximate surface area is 153 Å². The third kappa shape index (κ3) is 3.29. The maximum atomic E-state index is 12.8. The van der Waals surface area contributed by atoms with Crippen molar-refractivity contribution in [3.8, 4) is 5.75 Å². The van der Waals surface area contributed by atoms with Gasteiger partial charge in [-0.15, -0.1) is 0 Å². The highest BCUT2D eigenvalue weighted by molar-refractivity contribution is 5.91. The second kappa shape index (κ2) is 7.60. The van der Waals surface area contributed by atoms with E-state index in [1.807, 2.05) is 66.4 Å². The zero-order valence-electron chi connectivity index (χ0n) is 15.2. The minimum absolute atomic E-state index is 0.0922. The highest BCUT2D eigenvalue weighted by atomic mass is 16.6. The molecule has 1 aliphatic rings. The van der Waals surface area contributed by atoms with Crippen LogP contribution in [0.25, 0.3) is 0 Å². The fourth-order valence-electron chi connectivity index (χ4n) is 3.53. The first-order chi connectivity index (χ1) is 12.6. The number of benzene rings is 2. The average Bonchev–Trinajstić information content (AvgIpc) is 2.67. The van der Waals surface area contributed by atoms with Gasteiger partial charge in [-0.05, 0) is 29.7 Å². The number of hydrogen-bond donors (Lipinski definition) is 0. The monoisotopic (exact) mass is 353 g/mol. The first-order valence-electron chi connectivity index (χ1n) is 8.75. The number of esters is 1. The van der Waals surface area contributed by atoms with Crippen LogP contribution in [0.5, 0.6) is 5.75 Å². The van der Waals surface area contributed by atoms with Gasteiger partial charge in [0.25, 0.3) is 5.91 Å². The van der Waals surface area contributed by atoms with E-state index in [9.17, 15) is 9.59 Å². The molecule has 1 amide bonds. The molecule has 0 radical (unpaired) electrons. The van der Waals surface area contributed by atoms with Gasteiger partial charge in [-0.25, -0.2) is 0 Å². The smallest absolute Gasteiger partial charge is 0.303 e. The maximum Gasteiger partial charge on any atom is 0.303 e. The predicted octanol–water partition coefficient (Wildman–Crippen LogP) is 3.66. The molecule has 3 rings (SSSR count). The van der Waals surface area contributed by atoms with Crippen molar-refractivity contribution in [2.45, 2.75) is 38.5 Å². The Bertz CT molecular complexity index is 772. The highest BCUT2D eigenvalue weighted by Gasteiger charge is 2.53. The molecule has 2 aromatic carbocycles. The van der Waals surface area contributed by atoms with Gasteiger partial charge in [0.15, 0.2) is 0 Å². The normalized spacial score (nSPS) is 20.3. The molecule has 1 aliphatic heterocycles. The van der Waals surface area contributed by atoms with Gasteiger partial charge in [-0.3, -0.25) is 9.59 Å². The van der Waals surface area contributed by atoms with Gasteiger partial charge in [-0.2, -0.15) is 0 Å². The third-order valence-electron chi connectivity index (χ3n) is 4.74. The number of carbonyl (C=O) groups excluding carboxylic acids is 2. The van der Waals surface area contributed by atoms with E-state index in [1.165, 1.54) is 6.92 Å². The Kier molecular flexibility index (Phi) is 5.26. The fourth-order valence-corrected chi connectivity index (χ4v) is 3.53. The van der Waals surface area contributed by atoms with Crippen LogP contribution in [0.3, 0.4) is 0 Å². The third-order valence-corrected chi connectivity index (χ3v) is 4.74. The predicted molar refractivity (Wildman–Crippen MR) is 97.6 cm³/mol. The molecule has 0 bridgehead atoms. The quantitative estimate of drug-likeness (QED) is 0.587. The Morgan fingerprint density at radius 1 is 1.12 bits per heavy atom. The topological polar surface area (TPSA) is 55.8 Å². The first-order valence-corrected chi connectivity index (χ1v) is 8.75. The Balaban J connectivity index is 1.94. The molecule has 0 saturated carbocycles. The molecule has 1 saturated heterocycles. The number of methoxy groups -OCH3 is 1. The van der Waals surface area contributed by atoms with Crippen molar-refractivity contribution in [2.24, 2.45) is 0 Å². The summed E-state index contributed by atoms with van der Waals surface area (Å²) in [4.78, 5) is 26.1. The molecule has 1 unspecified atom stereocenters. The molecule has 0 aliphatic carbocycles.